The van der Waals surface area contributed by atoms with Gasteiger partial charge in [0, 0.05) is 0 Å². The molecule has 0 spiro atoms. The Morgan fingerprint density at radius 2 is 0.421 bits per heavy atom. The summed E-state index contributed by atoms with van der Waals surface area (Å²) in [5.74, 6) is 0. The average Bonchev–Trinajstić information content (AvgIpc) is 2.92. The lowest BCUT2D eigenvalue weighted by molar-refractivity contribution is 0.530. The van der Waals surface area contributed by atoms with E-state index in [1.54, 1.807) is 0 Å². The Labute approximate surface area is 243 Å². The van der Waals surface area contributed by atoms with Crippen molar-refractivity contribution in [1.29, 1.82) is 0 Å². The number of rotatable bonds is 34. The molecule has 0 saturated carbocycles. The van der Waals surface area contributed by atoms with Crippen molar-refractivity contribution in [3.8, 4) is 0 Å². The summed E-state index contributed by atoms with van der Waals surface area (Å²) in [7, 11) is -0.916. The third-order valence-electron chi connectivity index (χ3n) is 8.52. The van der Waals surface area contributed by atoms with Crippen molar-refractivity contribution in [3.05, 3.63) is 0 Å². The fourth-order valence-corrected chi connectivity index (χ4v) is 7.16. The Hall–Kier alpha value is 0.100. The summed E-state index contributed by atoms with van der Waals surface area (Å²) in [6.07, 6.45) is 47.1. The lowest BCUT2D eigenvalue weighted by Gasteiger charge is -2.03. The van der Waals surface area contributed by atoms with Gasteiger partial charge >= 0.3 is 7.80 Å². The van der Waals surface area contributed by atoms with Crippen LogP contribution in [0.25, 0.3) is 0 Å². The highest BCUT2D eigenvalue weighted by molar-refractivity contribution is 7.44. The smallest absolute Gasteiger partial charge is 0.0748 e. The van der Waals surface area contributed by atoms with Gasteiger partial charge in [-0.3, -0.25) is 0 Å². The summed E-state index contributed by atoms with van der Waals surface area (Å²) in [5.41, 5.74) is 0. The van der Waals surface area contributed by atoms with Gasteiger partial charge in [0.25, 0.3) is 0 Å². The molecule has 0 aromatic heterocycles. The van der Waals surface area contributed by atoms with Gasteiger partial charge in [0.1, 0.15) is 12.3 Å². The number of hydrogen-bond donors (Lipinski definition) is 0. The van der Waals surface area contributed by atoms with E-state index in [2.05, 4.69) is 13.8 Å². The molecule has 38 heavy (non-hydrogen) atoms. The zero-order valence-corrected chi connectivity index (χ0v) is 27.8. The topological polar surface area (TPSA) is 17.1 Å². The van der Waals surface area contributed by atoms with Crippen LogP contribution in [0.3, 0.4) is 0 Å². The normalized spacial score (nSPS) is 11.4. The minimum Gasteiger partial charge on any atom is -0.0748 e. The van der Waals surface area contributed by atoms with Gasteiger partial charge < -0.3 is 0 Å². The first-order valence-corrected chi connectivity index (χ1v) is 19.9. The first-order valence-electron chi connectivity index (χ1n) is 18.2. The van der Waals surface area contributed by atoms with Crippen LogP contribution in [0.2, 0.25) is 0 Å². The molecule has 0 amide bonds. The molecule has 0 bridgehead atoms. The minimum atomic E-state index is -0.916. The maximum Gasteiger partial charge on any atom is 0.338 e. The first kappa shape index (κ1) is 38.1. The molecule has 0 unspecified atom stereocenters. The summed E-state index contributed by atoms with van der Waals surface area (Å²) in [5, 5.41) is 0. The maximum absolute atomic E-state index is 12.3. The Bertz CT molecular complexity index is 397. The Balaban J connectivity index is 3.14. The molecule has 0 radical (unpaired) electrons. The zero-order valence-electron chi connectivity index (χ0n) is 26.9. The quantitative estimate of drug-likeness (QED) is 0.0572. The van der Waals surface area contributed by atoms with Crippen LogP contribution >= 0.6 is 7.80 Å². The lowest BCUT2D eigenvalue weighted by atomic mass is 10.0. The summed E-state index contributed by atoms with van der Waals surface area (Å²) in [6.45, 7) is 4.59. The molecule has 0 aromatic carbocycles. The highest BCUT2D eigenvalue weighted by Gasteiger charge is 2.13. The monoisotopic (exact) mass is 554 g/mol. The van der Waals surface area contributed by atoms with Crippen molar-refractivity contribution >= 4 is 7.80 Å². The van der Waals surface area contributed by atoms with Gasteiger partial charge in [-0.2, -0.15) is 0 Å². The van der Waals surface area contributed by atoms with Gasteiger partial charge in [0.2, 0.25) is 0 Å². The Morgan fingerprint density at radius 3 is 0.605 bits per heavy atom. The van der Waals surface area contributed by atoms with E-state index in [0.29, 0.717) is 0 Å². The van der Waals surface area contributed by atoms with E-state index in [9.17, 15) is 4.57 Å². The van der Waals surface area contributed by atoms with E-state index in [1.807, 2.05) is 0 Å². The average molecular weight is 554 g/mol. The molecule has 0 heterocycles. The lowest BCUT2D eigenvalue weighted by Crippen LogP contribution is -1.88. The molecule has 0 fully saturated rings. The van der Waals surface area contributed by atoms with E-state index < -0.39 is 7.80 Å². The van der Waals surface area contributed by atoms with E-state index in [-0.39, 0.29) is 0 Å². The fraction of sp³-hybridized carbons (Fsp3) is 1.00. The predicted molar refractivity (Wildman–Crippen MR) is 176 cm³/mol. The predicted octanol–water partition coefficient (Wildman–Crippen LogP) is 14.3. The zero-order chi connectivity index (χ0) is 27.6. The van der Waals surface area contributed by atoms with Gasteiger partial charge in [-0.15, -0.1) is 0 Å². The van der Waals surface area contributed by atoms with E-state index in [4.69, 9.17) is 0 Å². The highest BCUT2D eigenvalue weighted by Crippen LogP contribution is 2.25. The van der Waals surface area contributed by atoms with Crippen molar-refractivity contribution in [2.24, 2.45) is 0 Å². The van der Waals surface area contributed by atoms with Crippen LogP contribution in [0.1, 0.15) is 219 Å². The van der Waals surface area contributed by atoms with Crippen LogP contribution in [-0.2, 0) is 4.57 Å². The summed E-state index contributed by atoms with van der Waals surface area (Å²) in [6, 6.07) is 0. The number of hydrogen-bond acceptors (Lipinski definition) is 1. The molecule has 0 aliphatic carbocycles. The second kappa shape index (κ2) is 35.1. The van der Waals surface area contributed by atoms with Crippen LogP contribution in [0.5, 0.6) is 0 Å². The van der Waals surface area contributed by atoms with Crippen molar-refractivity contribution in [2.75, 3.05) is 12.3 Å². The molecule has 0 N–H and O–H groups in total. The second-order valence-electron chi connectivity index (χ2n) is 12.5. The minimum absolute atomic E-state index is 0.916. The SMILES string of the molecule is CCCCCCCCCCCCCCCCCC[P+](=O)CCCCCCCCCCCCCCCCCC. The molecule has 0 rings (SSSR count). The molecular formula is C36H74OP+. The third-order valence-corrected chi connectivity index (χ3v) is 10.2. The van der Waals surface area contributed by atoms with Gasteiger partial charge in [-0.05, 0) is 25.7 Å². The van der Waals surface area contributed by atoms with Crippen LogP contribution in [0.4, 0.5) is 0 Å². The molecule has 0 atom stereocenters. The van der Waals surface area contributed by atoms with Crippen molar-refractivity contribution in [2.45, 2.75) is 219 Å². The van der Waals surface area contributed by atoms with Crippen molar-refractivity contribution < 1.29 is 4.57 Å². The van der Waals surface area contributed by atoms with Crippen molar-refractivity contribution in [1.82, 2.24) is 0 Å². The van der Waals surface area contributed by atoms with Crippen molar-refractivity contribution in [3.63, 3.8) is 0 Å². The van der Waals surface area contributed by atoms with Gasteiger partial charge in [0.15, 0.2) is 0 Å². The third kappa shape index (κ3) is 34.1. The molecule has 0 aliphatic heterocycles. The summed E-state index contributed by atoms with van der Waals surface area (Å²) < 4.78 is 12.3. The van der Waals surface area contributed by atoms with Gasteiger partial charge in [0.05, 0.1) is 0 Å². The Morgan fingerprint density at radius 1 is 0.263 bits per heavy atom. The summed E-state index contributed by atoms with van der Waals surface area (Å²) >= 11 is 0. The molecule has 0 aliphatic rings. The van der Waals surface area contributed by atoms with E-state index in [1.165, 1.54) is 205 Å². The van der Waals surface area contributed by atoms with E-state index >= 15 is 0 Å². The molecule has 0 aromatic rings. The summed E-state index contributed by atoms with van der Waals surface area (Å²) in [4.78, 5) is 0. The van der Waals surface area contributed by atoms with Crippen LogP contribution < -0.4 is 0 Å². The second-order valence-corrected chi connectivity index (χ2v) is 14.4. The largest absolute Gasteiger partial charge is 0.338 e. The van der Waals surface area contributed by atoms with E-state index in [0.717, 1.165) is 12.3 Å². The molecule has 228 valence electrons. The molecule has 0 saturated heterocycles. The standard InChI is InChI=1S/C36H74OP/c1-3-5-7-9-11-13-15-17-19-21-23-25-27-29-31-33-35-38(37)36-34-32-30-28-26-24-22-20-18-16-14-12-10-8-6-4-2/h3-36H2,1-2H3/q+1. The number of unbranched alkanes of at least 4 members (excludes halogenated alkanes) is 30. The van der Waals surface area contributed by atoms with Gasteiger partial charge in [-0.25, -0.2) is 0 Å². The highest BCUT2D eigenvalue weighted by atomic mass is 31.1. The molecular weight excluding hydrogens is 479 g/mol. The fourth-order valence-electron chi connectivity index (χ4n) is 5.78. The van der Waals surface area contributed by atoms with Crippen LogP contribution in [0.15, 0.2) is 0 Å². The van der Waals surface area contributed by atoms with Crippen LogP contribution in [-0.4, -0.2) is 12.3 Å². The van der Waals surface area contributed by atoms with Gasteiger partial charge in [-0.1, -0.05) is 198 Å². The maximum atomic E-state index is 12.3. The Kier molecular flexibility index (Phi) is 35.2. The molecule has 2 heteroatoms. The molecule has 1 nitrogen and oxygen atoms in total. The first-order chi connectivity index (χ1) is 18.8. The van der Waals surface area contributed by atoms with Crippen LogP contribution in [0, 0.1) is 0 Å².